The fourth-order valence-electron chi connectivity index (χ4n) is 9.48. The van der Waals surface area contributed by atoms with Crippen molar-refractivity contribution in [1.29, 1.82) is 0 Å². The van der Waals surface area contributed by atoms with E-state index in [1.54, 1.807) is 0 Å². The van der Waals surface area contributed by atoms with Crippen LogP contribution in [0.2, 0.25) is 0 Å². The van der Waals surface area contributed by atoms with E-state index >= 15 is 9.59 Å². The lowest BCUT2D eigenvalue weighted by atomic mass is 9.53. The van der Waals surface area contributed by atoms with Gasteiger partial charge in [-0.3, -0.25) is 9.59 Å². The van der Waals surface area contributed by atoms with Crippen LogP contribution < -0.4 is 9.47 Å². The zero-order chi connectivity index (χ0) is 43.1. The Morgan fingerprint density at radius 1 is 0.476 bits per heavy atom. The second-order valence-corrected chi connectivity index (χ2v) is 16.8. The first-order valence-corrected chi connectivity index (χ1v) is 21.7. The predicted octanol–water partition coefficient (Wildman–Crippen LogP) is 11.0. The summed E-state index contributed by atoms with van der Waals surface area (Å²) in [5.74, 6) is 0.907. The molecule has 7 aromatic rings. The molecule has 1 aliphatic heterocycles. The molecule has 0 unspecified atom stereocenters. The Morgan fingerprint density at radius 3 is 1.29 bits per heavy atom. The summed E-state index contributed by atoms with van der Waals surface area (Å²) in [4.78, 5) is 32.1. The Bertz CT molecular complexity index is 2580. The first kappa shape index (κ1) is 41.3. The molecule has 9 rings (SSSR count). The number of carbonyl (C=O) groups is 2. The molecule has 0 aromatic heterocycles. The van der Waals surface area contributed by atoms with E-state index < -0.39 is 23.0 Å². The van der Waals surface area contributed by atoms with E-state index in [0.29, 0.717) is 54.5 Å². The Labute approximate surface area is 369 Å². The monoisotopic (exact) mass is 830 g/mol. The van der Waals surface area contributed by atoms with Gasteiger partial charge in [0.2, 0.25) is 0 Å². The van der Waals surface area contributed by atoms with Gasteiger partial charge in [0, 0.05) is 12.0 Å². The molecule has 6 heteroatoms. The Morgan fingerprint density at radius 2 is 0.857 bits per heavy atom. The highest BCUT2D eigenvalue weighted by Crippen LogP contribution is 2.56. The smallest absolute Gasteiger partial charge is 0.176 e. The molecule has 1 N–H and O–H groups in total. The van der Waals surface area contributed by atoms with E-state index in [9.17, 15) is 5.11 Å². The van der Waals surface area contributed by atoms with Gasteiger partial charge in [-0.05, 0) is 76.8 Å². The van der Waals surface area contributed by atoms with Crippen LogP contribution in [0.5, 0.6) is 11.5 Å². The normalized spacial score (nSPS) is 17.7. The molecule has 2 atom stereocenters. The maximum atomic E-state index is 16.5. The lowest BCUT2D eigenvalue weighted by Crippen LogP contribution is -2.59. The molecule has 0 radical (unpaired) electrons. The fourth-order valence-corrected chi connectivity index (χ4v) is 9.48. The third-order valence-corrected chi connectivity index (χ3v) is 12.5. The largest absolute Gasteiger partial charge is 0.486 e. The average Bonchev–Trinajstić information content (AvgIpc) is 3.33. The summed E-state index contributed by atoms with van der Waals surface area (Å²) in [6, 6.07) is 65.0. The predicted molar refractivity (Wildman–Crippen MR) is 245 cm³/mol. The van der Waals surface area contributed by atoms with E-state index in [-0.39, 0.29) is 30.8 Å². The van der Waals surface area contributed by atoms with Crippen LogP contribution in [0, 0.1) is 10.8 Å². The zero-order valence-electron chi connectivity index (χ0n) is 35.1. The third kappa shape index (κ3) is 8.86. The Kier molecular flexibility index (Phi) is 12.2. The van der Waals surface area contributed by atoms with Gasteiger partial charge in [-0.15, -0.1) is 0 Å². The first-order chi connectivity index (χ1) is 30.9. The van der Waals surface area contributed by atoms with Gasteiger partial charge >= 0.3 is 0 Å². The number of hydrogen-bond acceptors (Lipinski definition) is 6. The molecule has 1 heterocycles. The standard InChI is InChI=1S/C57H50O6/c58-49-34-48-53(59)56(35-41-19-7-1-8-20-41,36-42-21-9-2-10-22-42)55(60)57(37-43-23-11-3-12-24-43,38-44-25-13-4-14-26-44)54(48)63-52(49)47-31-32-50(61-39-45-27-15-5-16-28-45)51(33-47)62-40-46-29-17-6-18-30-46/h1-33,49,52,58H,34-40H2/t49-,52+/m0/s1. The number of aliphatic hydroxyl groups is 1. The number of benzene rings is 7. The highest BCUT2D eigenvalue weighted by Gasteiger charge is 2.63. The van der Waals surface area contributed by atoms with Crippen molar-refractivity contribution in [1.82, 2.24) is 0 Å². The van der Waals surface area contributed by atoms with Crippen molar-refractivity contribution in [2.24, 2.45) is 10.8 Å². The number of ketones is 2. The Balaban J connectivity index is 1.18. The third-order valence-electron chi connectivity index (χ3n) is 12.5. The van der Waals surface area contributed by atoms with Gasteiger partial charge in [0.25, 0.3) is 0 Å². The first-order valence-electron chi connectivity index (χ1n) is 21.7. The van der Waals surface area contributed by atoms with Crippen molar-refractivity contribution < 1.29 is 28.9 Å². The van der Waals surface area contributed by atoms with Gasteiger partial charge < -0.3 is 19.3 Å². The maximum absolute atomic E-state index is 16.5. The van der Waals surface area contributed by atoms with E-state index in [4.69, 9.17) is 14.2 Å². The number of carbonyl (C=O) groups excluding carboxylic acids is 2. The summed E-state index contributed by atoms with van der Waals surface area (Å²) >= 11 is 0. The average molecular weight is 831 g/mol. The van der Waals surface area contributed by atoms with Crippen molar-refractivity contribution in [2.75, 3.05) is 0 Å². The van der Waals surface area contributed by atoms with Crippen molar-refractivity contribution >= 4 is 11.6 Å². The molecule has 1 aliphatic carbocycles. The lowest BCUT2D eigenvalue weighted by molar-refractivity contribution is -0.154. The van der Waals surface area contributed by atoms with Crippen LogP contribution in [-0.4, -0.2) is 22.8 Å². The van der Waals surface area contributed by atoms with E-state index in [2.05, 4.69) is 0 Å². The topological polar surface area (TPSA) is 82.1 Å². The minimum absolute atomic E-state index is 0.00916. The van der Waals surface area contributed by atoms with Gasteiger partial charge in [0.15, 0.2) is 23.1 Å². The number of ether oxygens (including phenoxy) is 3. The van der Waals surface area contributed by atoms with Crippen LogP contribution in [0.3, 0.4) is 0 Å². The molecule has 6 nitrogen and oxygen atoms in total. The van der Waals surface area contributed by atoms with Gasteiger partial charge in [-0.2, -0.15) is 0 Å². The quantitative estimate of drug-likeness (QED) is 0.104. The van der Waals surface area contributed by atoms with Crippen LogP contribution >= 0.6 is 0 Å². The number of Topliss-reactive ketones (excluding diaryl/α,β-unsaturated/α-hetero) is 2. The van der Waals surface area contributed by atoms with Gasteiger partial charge in [0.1, 0.15) is 30.5 Å². The fraction of sp³-hybridized carbons (Fsp3) is 0.193. The number of allylic oxidation sites excluding steroid dienone is 1. The molecular weight excluding hydrogens is 781 g/mol. The molecule has 0 saturated heterocycles. The summed E-state index contributed by atoms with van der Waals surface area (Å²) in [5.41, 5.74) is 3.87. The minimum Gasteiger partial charge on any atom is -0.486 e. The second-order valence-electron chi connectivity index (χ2n) is 16.8. The number of aliphatic hydroxyl groups excluding tert-OH is 1. The molecule has 314 valence electrons. The Hall–Kier alpha value is -7.02. The van der Waals surface area contributed by atoms with Crippen LogP contribution in [0.1, 0.15) is 51.5 Å². The van der Waals surface area contributed by atoms with Crippen molar-refractivity contribution in [3.8, 4) is 11.5 Å². The summed E-state index contributed by atoms with van der Waals surface area (Å²) in [5, 5.41) is 12.3. The van der Waals surface area contributed by atoms with Crippen LogP contribution in [0.25, 0.3) is 0 Å². The van der Waals surface area contributed by atoms with Crippen molar-refractivity contribution in [3.63, 3.8) is 0 Å². The lowest BCUT2D eigenvalue weighted by Gasteiger charge is -2.50. The maximum Gasteiger partial charge on any atom is 0.176 e. The van der Waals surface area contributed by atoms with Crippen molar-refractivity contribution in [2.45, 2.75) is 57.5 Å². The molecule has 0 saturated carbocycles. The molecule has 0 fully saturated rings. The highest BCUT2D eigenvalue weighted by atomic mass is 16.5. The molecule has 0 spiro atoms. The van der Waals surface area contributed by atoms with E-state index in [0.717, 1.165) is 33.4 Å². The molecule has 2 aliphatic rings. The summed E-state index contributed by atoms with van der Waals surface area (Å²) in [6.45, 7) is 0.626. The zero-order valence-corrected chi connectivity index (χ0v) is 35.1. The van der Waals surface area contributed by atoms with E-state index in [1.165, 1.54) is 0 Å². The molecule has 0 amide bonds. The second kappa shape index (κ2) is 18.5. The van der Waals surface area contributed by atoms with Crippen molar-refractivity contribution in [3.05, 3.63) is 250 Å². The summed E-state index contributed by atoms with van der Waals surface area (Å²) in [6.07, 6.45) is -1.04. The van der Waals surface area contributed by atoms with Gasteiger partial charge in [-0.1, -0.05) is 188 Å². The van der Waals surface area contributed by atoms with Crippen LogP contribution in [0.4, 0.5) is 0 Å². The molecule has 63 heavy (non-hydrogen) atoms. The minimum atomic E-state index is -1.49. The number of hydrogen-bond donors (Lipinski definition) is 1. The SMILES string of the molecule is O=C1C2=C(O[C@H](c3ccc(OCc4ccccc4)c(OCc4ccccc4)c3)[C@@H](O)C2)C(Cc2ccccc2)(Cc2ccccc2)C(=O)C1(Cc1ccccc1)Cc1ccccc1. The van der Waals surface area contributed by atoms with E-state index in [1.807, 2.05) is 200 Å². The summed E-state index contributed by atoms with van der Waals surface area (Å²) in [7, 11) is 0. The van der Waals surface area contributed by atoms with Gasteiger partial charge in [-0.25, -0.2) is 0 Å². The summed E-state index contributed by atoms with van der Waals surface area (Å²) < 4.78 is 20.0. The van der Waals surface area contributed by atoms with Gasteiger partial charge in [0.05, 0.1) is 11.5 Å². The molecule has 0 bridgehead atoms. The highest BCUT2D eigenvalue weighted by molar-refractivity contribution is 6.20. The molecule has 7 aromatic carbocycles. The van der Waals surface area contributed by atoms with Crippen LogP contribution in [-0.2, 0) is 53.2 Å². The van der Waals surface area contributed by atoms with Crippen LogP contribution in [0.15, 0.2) is 212 Å². The molecular formula is C57H50O6. The number of rotatable bonds is 15.